The van der Waals surface area contributed by atoms with Gasteiger partial charge in [-0.25, -0.2) is 14.2 Å². The van der Waals surface area contributed by atoms with Crippen LogP contribution in [0.2, 0.25) is 0 Å². The summed E-state index contributed by atoms with van der Waals surface area (Å²) in [7, 11) is 4.35. The molecule has 0 N–H and O–H groups in total. The van der Waals surface area contributed by atoms with Crippen LogP contribution in [-0.2, 0) is 29.2 Å². The van der Waals surface area contributed by atoms with Crippen LogP contribution in [0.3, 0.4) is 0 Å². The third-order valence-electron chi connectivity index (χ3n) is 4.94. The maximum absolute atomic E-state index is 13.3. The van der Waals surface area contributed by atoms with Crippen LogP contribution in [0.4, 0.5) is 4.39 Å². The minimum atomic E-state index is -0.686. The molecule has 2 aromatic carbocycles. The number of carbonyl (C=O) groups is 2. The summed E-state index contributed by atoms with van der Waals surface area (Å²) in [6.45, 7) is 0.429. The lowest BCUT2D eigenvalue weighted by Crippen LogP contribution is -2.28. The number of pyridine rings is 1. The SMILES string of the molecule is COCc1c(C(=O)N(C)Cc2ccc(F)cc2)cnc(C(=O)OC)c1OCc1ccccc1. The molecule has 0 aliphatic heterocycles. The molecule has 0 aliphatic rings. The first-order valence-corrected chi connectivity index (χ1v) is 10.2. The smallest absolute Gasteiger partial charge is 0.360 e. The molecule has 3 aromatic rings. The summed E-state index contributed by atoms with van der Waals surface area (Å²) < 4.78 is 29.3. The average molecular weight is 452 g/mol. The van der Waals surface area contributed by atoms with E-state index < -0.39 is 5.97 Å². The van der Waals surface area contributed by atoms with Crippen LogP contribution in [0, 0.1) is 5.82 Å². The second-order valence-electron chi connectivity index (χ2n) is 7.31. The van der Waals surface area contributed by atoms with Crippen molar-refractivity contribution in [1.29, 1.82) is 0 Å². The van der Waals surface area contributed by atoms with Crippen LogP contribution in [-0.4, -0.2) is 43.0 Å². The molecule has 1 heterocycles. The molecule has 0 radical (unpaired) electrons. The molecular formula is C25H25FN2O5. The zero-order chi connectivity index (χ0) is 23.8. The molecule has 8 heteroatoms. The number of benzene rings is 2. The van der Waals surface area contributed by atoms with Crippen molar-refractivity contribution in [1.82, 2.24) is 9.88 Å². The number of halogens is 1. The van der Waals surface area contributed by atoms with Crippen molar-refractivity contribution >= 4 is 11.9 Å². The van der Waals surface area contributed by atoms with Crippen molar-refractivity contribution in [3.05, 3.63) is 94.6 Å². The van der Waals surface area contributed by atoms with Crippen molar-refractivity contribution in [3.63, 3.8) is 0 Å². The number of methoxy groups -OCH3 is 2. The number of nitrogens with zero attached hydrogens (tertiary/aromatic N) is 2. The van der Waals surface area contributed by atoms with Crippen molar-refractivity contribution in [2.24, 2.45) is 0 Å². The van der Waals surface area contributed by atoms with E-state index in [1.165, 1.54) is 37.4 Å². The Labute approximate surface area is 191 Å². The molecule has 0 bridgehead atoms. The number of hydrogen-bond acceptors (Lipinski definition) is 6. The van der Waals surface area contributed by atoms with Crippen molar-refractivity contribution < 1.29 is 28.2 Å². The minimum absolute atomic E-state index is 0.0160. The van der Waals surface area contributed by atoms with Crippen molar-refractivity contribution in [2.75, 3.05) is 21.3 Å². The van der Waals surface area contributed by atoms with E-state index in [-0.39, 0.29) is 48.5 Å². The lowest BCUT2D eigenvalue weighted by Gasteiger charge is -2.21. The first-order valence-electron chi connectivity index (χ1n) is 10.2. The Morgan fingerprint density at radius 2 is 1.67 bits per heavy atom. The molecule has 7 nitrogen and oxygen atoms in total. The zero-order valence-electron chi connectivity index (χ0n) is 18.7. The molecule has 0 saturated heterocycles. The van der Waals surface area contributed by atoms with Gasteiger partial charge in [-0.05, 0) is 23.3 Å². The Kier molecular flexibility index (Phi) is 8.10. The fourth-order valence-corrected chi connectivity index (χ4v) is 3.27. The Bertz CT molecular complexity index is 1100. The molecule has 0 aliphatic carbocycles. The number of rotatable bonds is 9. The maximum Gasteiger partial charge on any atom is 0.360 e. The van der Waals surface area contributed by atoms with E-state index >= 15 is 0 Å². The van der Waals surface area contributed by atoms with Gasteiger partial charge in [-0.15, -0.1) is 0 Å². The Morgan fingerprint density at radius 1 is 0.970 bits per heavy atom. The summed E-state index contributed by atoms with van der Waals surface area (Å²) in [6.07, 6.45) is 1.32. The highest BCUT2D eigenvalue weighted by Crippen LogP contribution is 2.29. The van der Waals surface area contributed by atoms with Crippen LogP contribution >= 0.6 is 0 Å². The summed E-state index contributed by atoms with van der Waals surface area (Å²) in [4.78, 5) is 31.3. The standard InChI is InChI=1S/C25H25FN2O5/c1-28(14-17-9-11-19(26)12-10-17)24(29)20-13-27-22(25(30)32-3)23(21(20)16-31-2)33-15-18-7-5-4-6-8-18/h4-13H,14-16H2,1-3H3. The van der Waals surface area contributed by atoms with Crippen molar-refractivity contribution in [2.45, 2.75) is 19.8 Å². The molecule has 0 unspecified atom stereocenters. The van der Waals surface area contributed by atoms with Gasteiger partial charge in [0, 0.05) is 32.5 Å². The van der Waals surface area contributed by atoms with Gasteiger partial charge in [0.2, 0.25) is 0 Å². The normalized spacial score (nSPS) is 10.5. The molecule has 0 saturated carbocycles. The molecule has 0 fully saturated rings. The average Bonchev–Trinajstić information content (AvgIpc) is 2.84. The summed E-state index contributed by atoms with van der Waals surface area (Å²) in [5, 5.41) is 0. The number of carbonyl (C=O) groups excluding carboxylic acids is 2. The monoisotopic (exact) mass is 452 g/mol. The molecule has 0 atom stereocenters. The van der Waals surface area contributed by atoms with E-state index in [4.69, 9.17) is 14.2 Å². The highest BCUT2D eigenvalue weighted by Gasteiger charge is 2.26. The van der Waals surface area contributed by atoms with Crippen LogP contribution < -0.4 is 4.74 Å². The largest absolute Gasteiger partial charge is 0.486 e. The van der Waals surface area contributed by atoms with Crippen LogP contribution in [0.25, 0.3) is 0 Å². The third kappa shape index (κ3) is 5.93. The summed E-state index contributed by atoms with van der Waals surface area (Å²) in [6, 6.07) is 15.3. The summed E-state index contributed by atoms with van der Waals surface area (Å²) in [5.41, 5.74) is 2.22. The molecule has 33 heavy (non-hydrogen) atoms. The van der Waals surface area contributed by atoms with Gasteiger partial charge in [0.25, 0.3) is 5.91 Å². The fraction of sp³-hybridized carbons (Fsp3) is 0.240. The van der Waals surface area contributed by atoms with Crippen molar-refractivity contribution in [3.8, 4) is 5.75 Å². The van der Waals surface area contributed by atoms with Crippen LogP contribution in [0.15, 0.2) is 60.8 Å². The molecular weight excluding hydrogens is 427 g/mol. The first-order chi connectivity index (χ1) is 15.9. The van der Waals surface area contributed by atoms with Gasteiger partial charge in [-0.1, -0.05) is 42.5 Å². The van der Waals surface area contributed by atoms with E-state index in [0.717, 1.165) is 11.1 Å². The van der Waals surface area contributed by atoms with Gasteiger partial charge in [-0.2, -0.15) is 0 Å². The number of aromatic nitrogens is 1. The second kappa shape index (κ2) is 11.2. The number of hydrogen-bond donors (Lipinski definition) is 0. The predicted molar refractivity (Wildman–Crippen MR) is 119 cm³/mol. The molecule has 1 amide bonds. The van der Waals surface area contributed by atoms with E-state index in [1.54, 1.807) is 19.2 Å². The Balaban J connectivity index is 1.96. The van der Waals surface area contributed by atoms with E-state index in [2.05, 4.69) is 4.98 Å². The highest BCUT2D eigenvalue weighted by atomic mass is 19.1. The van der Waals surface area contributed by atoms with Gasteiger partial charge >= 0.3 is 5.97 Å². The number of amides is 1. The zero-order valence-corrected chi connectivity index (χ0v) is 18.7. The van der Waals surface area contributed by atoms with Gasteiger partial charge in [0.1, 0.15) is 12.4 Å². The molecule has 0 spiro atoms. The van der Waals surface area contributed by atoms with Crippen LogP contribution in [0.1, 0.15) is 37.5 Å². The minimum Gasteiger partial charge on any atom is -0.486 e. The third-order valence-corrected chi connectivity index (χ3v) is 4.94. The summed E-state index contributed by atoms with van der Waals surface area (Å²) >= 11 is 0. The van der Waals surface area contributed by atoms with E-state index in [9.17, 15) is 14.0 Å². The topological polar surface area (TPSA) is 78.0 Å². The quantitative estimate of drug-likeness (QED) is 0.457. The van der Waals surface area contributed by atoms with E-state index in [1.807, 2.05) is 30.3 Å². The predicted octanol–water partition coefficient (Wildman–Crippen LogP) is 4.00. The molecule has 3 rings (SSSR count). The lowest BCUT2D eigenvalue weighted by molar-refractivity contribution is 0.0585. The summed E-state index contributed by atoms with van der Waals surface area (Å²) in [5.74, 6) is -1.25. The first kappa shape index (κ1) is 23.9. The fourth-order valence-electron chi connectivity index (χ4n) is 3.27. The maximum atomic E-state index is 13.3. The van der Waals surface area contributed by atoms with Gasteiger partial charge in [0.15, 0.2) is 11.4 Å². The van der Waals surface area contributed by atoms with E-state index in [0.29, 0.717) is 5.56 Å². The number of ether oxygens (including phenoxy) is 3. The van der Waals surface area contributed by atoms with Gasteiger partial charge in [0.05, 0.1) is 19.3 Å². The number of esters is 1. The highest BCUT2D eigenvalue weighted by molar-refractivity contribution is 5.98. The lowest BCUT2D eigenvalue weighted by atomic mass is 10.1. The second-order valence-corrected chi connectivity index (χ2v) is 7.31. The molecule has 1 aromatic heterocycles. The van der Waals surface area contributed by atoms with Gasteiger partial charge in [-0.3, -0.25) is 4.79 Å². The van der Waals surface area contributed by atoms with Crippen LogP contribution in [0.5, 0.6) is 5.75 Å². The van der Waals surface area contributed by atoms with Gasteiger partial charge < -0.3 is 19.1 Å². The molecule has 172 valence electrons. The Hall–Kier alpha value is -3.78. The Morgan fingerprint density at radius 3 is 2.30 bits per heavy atom.